The van der Waals surface area contributed by atoms with Crippen LogP contribution in [0.15, 0.2) is 60.5 Å². The number of imidazole rings is 1. The Morgan fingerprint density at radius 3 is 2.59 bits per heavy atom. The second-order valence-corrected chi connectivity index (χ2v) is 7.09. The molecule has 0 saturated heterocycles. The van der Waals surface area contributed by atoms with E-state index in [9.17, 15) is 9.59 Å². The molecule has 3 amide bonds. The van der Waals surface area contributed by atoms with Crippen molar-refractivity contribution < 1.29 is 9.59 Å². The average Bonchev–Trinajstić information content (AvgIpc) is 3.34. The number of nitrogens with two attached hydrogens (primary N) is 1. The van der Waals surface area contributed by atoms with Gasteiger partial charge in [-0.3, -0.25) is 4.79 Å². The van der Waals surface area contributed by atoms with Gasteiger partial charge in [-0.1, -0.05) is 30.3 Å². The van der Waals surface area contributed by atoms with Crippen molar-refractivity contribution >= 4 is 23.3 Å². The van der Waals surface area contributed by atoms with Gasteiger partial charge in [0.25, 0.3) is 0 Å². The maximum absolute atomic E-state index is 12.3. The molecule has 0 saturated carbocycles. The lowest BCUT2D eigenvalue weighted by Crippen LogP contribution is -2.36. The molecular weight excluding hydrogens is 362 g/mol. The Bertz CT molecular complexity index is 860. The van der Waals surface area contributed by atoms with Crippen molar-refractivity contribution in [1.29, 1.82) is 0 Å². The van der Waals surface area contributed by atoms with Gasteiger partial charge in [-0.15, -0.1) is 11.3 Å². The highest BCUT2D eigenvalue weighted by Crippen LogP contribution is 2.21. The van der Waals surface area contributed by atoms with Gasteiger partial charge in [0.2, 0.25) is 5.91 Å². The fourth-order valence-electron chi connectivity index (χ4n) is 2.70. The van der Waals surface area contributed by atoms with Gasteiger partial charge in [0.1, 0.15) is 0 Å². The normalized spacial score (nSPS) is 11.7. The molecule has 1 unspecified atom stereocenters. The van der Waals surface area contributed by atoms with Crippen LogP contribution in [0.5, 0.6) is 0 Å². The summed E-state index contributed by atoms with van der Waals surface area (Å²) < 4.78 is 1.99. The fourth-order valence-corrected chi connectivity index (χ4v) is 3.47. The van der Waals surface area contributed by atoms with Crippen molar-refractivity contribution in [2.75, 3.05) is 0 Å². The van der Waals surface area contributed by atoms with Crippen LogP contribution in [-0.4, -0.2) is 21.5 Å². The summed E-state index contributed by atoms with van der Waals surface area (Å²) in [6.45, 7) is 1.19. The third kappa shape index (κ3) is 5.68. The highest BCUT2D eigenvalue weighted by Gasteiger charge is 2.18. The van der Waals surface area contributed by atoms with E-state index in [1.54, 1.807) is 12.5 Å². The van der Waals surface area contributed by atoms with E-state index in [1.807, 2.05) is 52.5 Å². The number of nitrogens with one attached hydrogen (secondary N) is 2. The number of carbonyl (C=O) groups is 2. The van der Waals surface area contributed by atoms with Crippen LogP contribution in [0.4, 0.5) is 4.79 Å². The summed E-state index contributed by atoms with van der Waals surface area (Å²) in [7, 11) is 0. The topological polar surface area (TPSA) is 102 Å². The maximum atomic E-state index is 12.3. The van der Waals surface area contributed by atoms with Crippen LogP contribution >= 0.6 is 11.3 Å². The quantitative estimate of drug-likeness (QED) is 0.557. The van der Waals surface area contributed by atoms with E-state index >= 15 is 0 Å². The second-order valence-electron chi connectivity index (χ2n) is 6.11. The van der Waals surface area contributed by atoms with Gasteiger partial charge in [0.15, 0.2) is 0 Å². The average molecular weight is 383 g/mol. The Morgan fingerprint density at radius 1 is 1.19 bits per heavy atom. The number of primary amides is 1. The maximum Gasteiger partial charge on any atom is 0.312 e. The van der Waals surface area contributed by atoms with Gasteiger partial charge in [0, 0.05) is 30.4 Å². The molecule has 1 aromatic carbocycles. The summed E-state index contributed by atoms with van der Waals surface area (Å²) in [4.78, 5) is 28.4. The number of thiophene rings is 1. The lowest BCUT2D eigenvalue weighted by Gasteiger charge is -2.16. The van der Waals surface area contributed by atoms with Gasteiger partial charge < -0.3 is 20.9 Å². The molecule has 8 heteroatoms. The summed E-state index contributed by atoms with van der Waals surface area (Å²) in [5.41, 5.74) is 7.39. The molecule has 2 aromatic heterocycles. The summed E-state index contributed by atoms with van der Waals surface area (Å²) in [5, 5.41) is 7.41. The highest BCUT2D eigenvalue weighted by atomic mass is 32.1. The lowest BCUT2D eigenvalue weighted by molar-refractivity contribution is -0.121. The van der Waals surface area contributed by atoms with Crippen molar-refractivity contribution in [2.45, 2.75) is 25.6 Å². The zero-order chi connectivity index (χ0) is 19.1. The first-order valence-electron chi connectivity index (χ1n) is 8.50. The van der Waals surface area contributed by atoms with Crippen molar-refractivity contribution in [3.63, 3.8) is 0 Å². The van der Waals surface area contributed by atoms with Crippen LogP contribution in [0.25, 0.3) is 0 Å². The molecule has 0 aliphatic rings. The standard InChI is InChI=1S/C19H21N5O2S/c20-19(26)23-16(17-2-1-9-27-17)10-18(25)22-11-14-3-5-15(6-4-14)12-24-8-7-21-13-24/h1-9,13,16H,10-12H2,(H,22,25)(H3,20,23,26). The number of amides is 3. The molecule has 7 nitrogen and oxygen atoms in total. The molecule has 4 N–H and O–H groups in total. The van der Waals surface area contributed by atoms with E-state index in [0.717, 1.165) is 22.5 Å². The molecule has 3 aromatic rings. The summed E-state index contributed by atoms with van der Waals surface area (Å²) in [6, 6.07) is 10.7. The fraction of sp³-hybridized carbons (Fsp3) is 0.211. The number of aromatic nitrogens is 2. The number of nitrogens with zero attached hydrogens (tertiary/aromatic N) is 2. The van der Waals surface area contributed by atoms with Crippen LogP contribution in [0.2, 0.25) is 0 Å². The van der Waals surface area contributed by atoms with Crippen LogP contribution in [0.1, 0.15) is 28.5 Å². The number of carbonyl (C=O) groups excluding carboxylic acids is 2. The summed E-state index contributed by atoms with van der Waals surface area (Å²) >= 11 is 1.48. The molecule has 0 aliphatic carbocycles. The molecule has 1 atom stereocenters. The van der Waals surface area contributed by atoms with Gasteiger partial charge in [0.05, 0.1) is 18.8 Å². The summed E-state index contributed by atoms with van der Waals surface area (Å²) in [6.07, 6.45) is 5.58. The minimum absolute atomic E-state index is 0.141. The van der Waals surface area contributed by atoms with E-state index in [2.05, 4.69) is 15.6 Å². The van der Waals surface area contributed by atoms with E-state index in [4.69, 9.17) is 5.73 Å². The lowest BCUT2D eigenvalue weighted by atomic mass is 10.1. The van der Waals surface area contributed by atoms with Gasteiger partial charge in [-0.25, -0.2) is 9.78 Å². The van der Waals surface area contributed by atoms with Gasteiger partial charge in [-0.05, 0) is 22.6 Å². The van der Waals surface area contributed by atoms with Crippen LogP contribution in [0.3, 0.4) is 0 Å². The number of benzene rings is 1. The van der Waals surface area contributed by atoms with E-state index in [-0.39, 0.29) is 12.3 Å². The third-order valence-corrected chi connectivity index (χ3v) is 5.02. The van der Waals surface area contributed by atoms with Crippen molar-refractivity contribution in [1.82, 2.24) is 20.2 Å². The number of rotatable bonds is 8. The van der Waals surface area contributed by atoms with Crippen molar-refractivity contribution in [3.8, 4) is 0 Å². The Morgan fingerprint density at radius 2 is 1.96 bits per heavy atom. The van der Waals surface area contributed by atoms with Gasteiger partial charge in [-0.2, -0.15) is 0 Å². The Labute approximate surface area is 161 Å². The largest absolute Gasteiger partial charge is 0.352 e. The number of hydrogen-bond donors (Lipinski definition) is 3. The van der Waals surface area contributed by atoms with E-state index < -0.39 is 12.1 Å². The Balaban J connectivity index is 1.51. The predicted octanol–water partition coefficient (Wildman–Crippen LogP) is 2.41. The van der Waals surface area contributed by atoms with Gasteiger partial charge >= 0.3 is 6.03 Å². The first-order chi connectivity index (χ1) is 13.1. The SMILES string of the molecule is NC(=O)NC(CC(=O)NCc1ccc(Cn2ccnc2)cc1)c1cccs1. The highest BCUT2D eigenvalue weighted by molar-refractivity contribution is 7.10. The molecule has 0 aliphatic heterocycles. The van der Waals surface area contributed by atoms with Crippen LogP contribution < -0.4 is 16.4 Å². The third-order valence-electron chi connectivity index (χ3n) is 4.03. The molecule has 3 rings (SSSR count). The number of hydrogen-bond acceptors (Lipinski definition) is 4. The Hall–Kier alpha value is -3.13. The molecule has 0 radical (unpaired) electrons. The smallest absolute Gasteiger partial charge is 0.312 e. The minimum Gasteiger partial charge on any atom is -0.352 e. The zero-order valence-electron chi connectivity index (χ0n) is 14.7. The molecule has 0 bridgehead atoms. The first-order valence-corrected chi connectivity index (χ1v) is 9.38. The van der Waals surface area contributed by atoms with Crippen LogP contribution in [-0.2, 0) is 17.9 Å². The molecule has 27 heavy (non-hydrogen) atoms. The monoisotopic (exact) mass is 383 g/mol. The molecule has 0 fully saturated rings. The molecule has 140 valence electrons. The number of urea groups is 1. The van der Waals surface area contributed by atoms with Crippen molar-refractivity contribution in [2.24, 2.45) is 5.73 Å². The van der Waals surface area contributed by atoms with E-state index in [0.29, 0.717) is 6.54 Å². The molecule has 2 heterocycles. The molecule has 0 spiro atoms. The molecular formula is C19H21N5O2S. The minimum atomic E-state index is -0.644. The zero-order valence-corrected chi connectivity index (χ0v) is 15.5. The first kappa shape index (κ1) is 18.7. The predicted molar refractivity (Wildman–Crippen MR) is 104 cm³/mol. The summed E-state index contributed by atoms with van der Waals surface area (Å²) in [5.74, 6) is -0.148. The van der Waals surface area contributed by atoms with E-state index in [1.165, 1.54) is 11.3 Å². The van der Waals surface area contributed by atoms with Crippen LogP contribution in [0, 0.1) is 0 Å². The van der Waals surface area contributed by atoms with Crippen molar-refractivity contribution in [3.05, 3.63) is 76.5 Å². The Kier molecular flexibility index (Phi) is 6.22. The second kappa shape index (κ2) is 9.00.